The second-order valence-corrected chi connectivity index (χ2v) is 11.8. The molecule has 0 radical (unpaired) electrons. The number of anilines is 2. The van der Waals surface area contributed by atoms with Gasteiger partial charge in [0.2, 0.25) is 0 Å². The second-order valence-electron chi connectivity index (χ2n) is 10.9. The van der Waals surface area contributed by atoms with Crippen LogP contribution in [0.4, 0.5) is 11.4 Å². The minimum Gasteiger partial charge on any atom is -0.491 e. The number of piperazine rings is 1. The van der Waals surface area contributed by atoms with Gasteiger partial charge >= 0.3 is 5.69 Å². The molecule has 4 aromatic rings. The van der Waals surface area contributed by atoms with Crippen molar-refractivity contribution < 1.29 is 14.2 Å². The predicted molar refractivity (Wildman–Crippen MR) is 169 cm³/mol. The van der Waals surface area contributed by atoms with Gasteiger partial charge in [0.25, 0.3) is 0 Å². The van der Waals surface area contributed by atoms with Crippen molar-refractivity contribution in [1.82, 2.24) is 14.3 Å². The van der Waals surface area contributed by atoms with Gasteiger partial charge in [-0.2, -0.15) is 5.10 Å². The van der Waals surface area contributed by atoms with Crippen molar-refractivity contribution in [3.63, 3.8) is 0 Å². The third kappa shape index (κ3) is 6.40. The summed E-state index contributed by atoms with van der Waals surface area (Å²) in [6, 6.07) is 21.6. The quantitative estimate of drug-likeness (QED) is 0.235. The van der Waals surface area contributed by atoms with Crippen molar-refractivity contribution in [2.75, 3.05) is 49.2 Å². The van der Waals surface area contributed by atoms with Gasteiger partial charge in [0.05, 0.1) is 17.3 Å². The van der Waals surface area contributed by atoms with Crippen molar-refractivity contribution in [2.24, 2.45) is 0 Å². The summed E-state index contributed by atoms with van der Waals surface area (Å²) in [5.41, 5.74) is 3.77. The van der Waals surface area contributed by atoms with E-state index in [2.05, 4.69) is 39.2 Å². The molecule has 1 aromatic heterocycles. The molecule has 3 heterocycles. The molecule has 43 heavy (non-hydrogen) atoms. The van der Waals surface area contributed by atoms with Crippen LogP contribution in [0.5, 0.6) is 5.75 Å². The molecule has 2 aliphatic heterocycles. The van der Waals surface area contributed by atoms with E-state index in [1.807, 2.05) is 44.2 Å². The van der Waals surface area contributed by atoms with Gasteiger partial charge in [-0.15, -0.1) is 0 Å². The lowest BCUT2D eigenvalue weighted by molar-refractivity contribution is -0.164. The highest BCUT2D eigenvalue weighted by Crippen LogP contribution is 2.38. The van der Waals surface area contributed by atoms with Crippen LogP contribution in [-0.4, -0.2) is 59.8 Å². The number of hydrogen-bond donors (Lipinski definition) is 0. The molecule has 6 rings (SSSR count). The van der Waals surface area contributed by atoms with Gasteiger partial charge in [-0.3, -0.25) is 0 Å². The first-order valence-electron chi connectivity index (χ1n) is 14.6. The SMILES string of the molecule is CCCn1ncn(-c2ccc(N3CCN(c4ccc(OC[C@@H]5CO[C@](C)(c6ccc(Cl)cc6Cl)O5)cc4)CC3)cc2)c1=O. The lowest BCUT2D eigenvalue weighted by Gasteiger charge is -2.37. The Hall–Kier alpha value is -3.50. The molecule has 2 fully saturated rings. The maximum Gasteiger partial charge on any atom is 0.350 e. The van der Waals surface area contributed by atoms with Crippen LogP contribution < -0.4 is 20.2 Å². The van der Waals surface area contributed by atoms with Gasteiger partial charge < -0.3 is 24.0 Å². The Morgan fingerprint density at radius 2 is 1.56 bits per heavy atom. The number of aromatic nitrogens is 3. The Morgan fingerprint density at radius 1 is 0.930 bits per heavy atom. The van der Waals surface area contributed by atoms with Crippen molar-refractivity contribution in [3.05, 3.63) is 99.2 Å². The van der Waals surface area contributed by atoms with E-state index in [1.54, 1.807) is 23.0 Å². The molecular weight excluding hydrogens is 589 g/mol. The number of nitrogens with zero attached hydrogens (tertiary/aromatic N) is 5. The molecule has 2 atom stereocenters. The third-order valence-corrected chi connectivity index (χ3v) is 8.48. The van der Waals surface area contributed by atoms with Crippen LogP contribution in [-0.2, 0) is 21.8 Å². The van der Waals surface area contributed by atoms with E-state index in [9.17, 15) is 4.79 Å². The molecule has 0 unspecified atom stereocenters. The number of aryl methyl sites for hydroxylation is 1. The third-order valence-electron chi connectivity index (χ3n) is 7.94. The zero-order valence-electron chi connectivity index (χ0n) is 24.3. The molecule has 2 saturated heterocycles. The normalized spacial score (nSPS) is 20.5. The molecule has 9 nitrogen and oxygen atoms in total. The summed E-state index contributed by atoms with van der Waals surface area (Å²) in [5.74, 6) is -0.162. The highest BCUT2D eigenvalue weighted by Gasteiger charge is 2.40. The molecule has 0 saturated carbocycles. The van der Waals surface area contributed by atoms with Crippen LogP contribution in [0.15, 0.2) is 77.9 Å². The molecule has 2 aliphatic rings. The fraction of sp³-hybridized carbons (Fsp3) is 0.375. The number of ether oxygens (including phenoxy) is 3. The predicted octanol–water partition coefficient (Wildman–Crippen LogP) is 5.74. The van der Waals surface area contributed by atoms with E-state index >= 15 is 0 Å². The van der Waals surface area contributed by atoms with E-state index in [0.29, 0.717) is 29.8 Å². The fourth-order valence-electron chi connectivity index (χ4n) is 5.59. The number of halogens is 2. The van der Waals surface area contributed by atoms with Crippen LogP contribution in [0.25, 0.3) is 5.69 Å². The van der Waals surface area contributed by atoms with Gasteiger partial charge in [-0.05, 0) is 74.0 Å². The second kappa shape index (κ2) is 12.6. The minimum atomic E-state index is -0.943. The van der Waals surface area contributed by atoms with Crippen LogP contribution in [0, 0.1) is 0 Å². The Balaban J connectivity index is 0.988. The Labute approximate surface area is 261 Å². The van der Waals surface area contributed by atoms with Gasteiger partial charge in [-0.1, -0.05) is 36.2 Å². The van der Waals surface area contributed by atoms with Gasteiger partial charge in [0.1, 0.15) is 24.8 Å². The molecule has 0 aliphatic carbocycles. The van der Waals surface area contributed by atoms with Crippen molar-refractivity contribution in [1.29, 1.82) is 0 Å². The molecule has 0 spiro atoms. The number of rotatable bonds is 9. The van der Waals surface area contributed by atoms with Crippen molar-refractivity contribution in [3.8, 4) is 11.4 Å². The first-order valence-corrected chi connectivity index (χ1v) is 15.3. The maximum absolute atomic E-state index is 12.5. The molecule has 11 heteroatoms. The largest absolute Gasteiger partial charge is 0.491 e. The monoisotopic (exact) mass is 623 g/mol. The maximum atomic E-state index is 12.5. The lowest BCUT2D eigenvalue weighted by Crippen LogP contribution is -2.46. The zero-order valence-corrected chi connectivity index (χ0v) is 25.8. The van der Waals surface area contributed by atoms with Gasteiger partial charge in [0.15, 0.2) is 5.79 Å². The summed E-state index contributed by atoms with van der Waals surface area (Å²) >= 11 is 12.4. The molecule has 0 N–H and O–H groups in total. The van der Waals surface area contributed by atoms with Crippen molar-refractivity contribution >= 4 is 34.6 Å². The zero-order chi connectivity index (χ0) is 30.0. The number of hydrogen-bond acceptors (Lipinski definition) is 7. The topological polar surface area (TPSA) is 74.0 Å². The first kappa shape index (κ1) is 29.6. The van der Waals surface area contributed by atoms with E-state index in [1.165, 1.54) is 4.68 Å². The molecule has 0 bridgehead atoms. The molecule has 226 valence electrons. The van der Waals surface area contributed by atoms with E-state index < -0.39 is 5.79 Å². The first-order chi connectivity index (χ1) is 20.8. The van der Waals surface area contributed by atoms with Gasteiger partial charge in [-0.25, -0.2) is 14.0 Å². The van der Waals surface area contributed by atoms with Crippen LogP contribution in [0.1, 0.15) is 25.8 Å². The Morgan fingerprint density at radius 3 is 2.19 bits per heavy atom. The molecule has 0 amide bonds. The average molecular weight is 625 g/mol. The highest BCUT2D eigenvalue weighted by molar-refractivity contribution is 6.35. The summed E-state index contributed by atoms with van der Waals surface area (Å²) in [7, 11) is 0. The Kier molecular flexibility index (Phi) is 8.68. The minimum absolute atomic E-state index is 0.108. The van der Waals surface area contributed by atoms with Gasteiger partial charge in [0, 0.05) is 54.7 Å². The van der Waals surface area contributed by atoms with Crippen LogP contribution in [0.2, 0.25) is 10.0 Å². The standard InChI is InChI=1S/C32H35Cl2N5O4/c1-3-14-39-31(40)38(22-35-39)26-7-5-24(6-8-26)36-15-17-37(18-16-36)25-9-11-27(12-10-25)41-20-28-21-42-32(2,43-28)29-13-4-23(33)19-30(29)34/h4-13,19,22,28H,3,14-18,20-21H2,1-2H3/t28-,32+/m1/s1. The summed E-state index contributed by atoms with van der Waals surface area (Å²) in [6.45, 7) is 8.91. The Bertz CT molecular complexity index is 1600. The van der Waals surface area contributed by atoms with Crippen LogP contribution in [0.3, 0.4) is 0 Å². The summed E-state index contributed by atoms with van der Waals surface area (Å²) in [4.78, 5) is 17.3. The average Bonchev–Trinajstić information content (AvgIpc) is 3.59. The van der Waals surface area contributed by atoms with E-state index in [4.69, 9.17) is 37.4 Å². The van der Waals surface area contributed by atoms with E-state index in [-0.39, 0.29) is 11.8 Å². The van der Waals surface area contributed by atoms with Crippen LogP contribution >= 0.6 is 23.2 Å². The van der Waals surface area contributed by atoms with E-state index in [0.717, 1.165) is 61.0 Å². The molecular formula is C32H35Cl2N5O4. The fourth-order valence-corrected chi connectivity index (χ4v) is 6.17. The highest BCUT2D eigenvalue weighted by atomic mass is 35.5. The summed E-state index contributed by atoms with van der Waals surface area (Å²) in [5, 5.41) is 5.29. The summed E-state index contributed by atoms with van der Waals surface area (Å²) in [6.07, 6.45) is 2.24. The lowest BCUT2D eigenvalue weighted by atomic mass is 10.1. The molecule has 3 aromatic carbocycles. The summed E-state index contributed by atoms with van der Waals surface area (Å²) < 4.78 is 21.3. The smallest absolute Gasteiger partial charge is 0.350 e. The van der Waals surface area contributed by atoms with Crippen molar-refractivity contribution in [2.45, 2.75) is 38.7 Å². The number of benzene rings is 3.